The second kappa shape index (κ2) is 12.1. The number of benzene rings is 1. The third-order valence-electron chi connectivity index (χ3n) is 7.10. The highest BCUT2D eigenvalue weighted by Crippen LogP contribution is 2.38. The van der Waals surface area contributed by atoms with E-state index in [4.69, 9.17) is 9.47 Å². The summed E-state index contributed by atoms with van der Waals surface area (Å²) in [6, 6.07) is 8.86. The van der Waals surface area contributed by atoms with E-state index >= 15 is 0 Å². The van der Waals surface area contributed by atoms with Crippen LogP contribution in [0.25, 0.3) is 0 Å². The Morgan fingerprint density at radius 3 is 2.54 bits per heavy atom. The number of nitrogens with zero attached hydrogens (tertiary/aromatic N) is 4. The molecular weight excluding hydrogens is 562 g/mol. The number of sulfonamides is 1. The SMILES string of the molecule is CCN(C)C(=O)c1cccc(OC(=O)C2(C)CN(c3ccc(OC(F)F)c(OCC4CC4)c3)CCN2S(C)(=O)=O)n1. The van der Waals surface area contributed by atoms with E-state index < -0.39 is 28.1 Å². The zero-order chi connectivity index (χ0) is 29.9. The Kier molecular flexibility index (Phi) is 9.02. The van der Waals surface area contributed by atoms with Crippen molar-refractivity contribution in [3.05, 3.63) is 42.1 Å². The molecule has 1 aromatic carbocycles. The van der Waals surface area contributed by atoms with Gasteiger partial charge in [0.2, 0.25) is 15.9 Å². The predicted molar refractivity (Wildman–Crippen MR) is 146 cm³/mol. The zero-order valence-electron chi connectivity index (χ0n) is 23.4. The number of aromatic nitrogens is 1. The second-order valence-corrected chi connectivity index (χ2v) is 12.3. The van der Waals surface area contributed by atoms with E-state index in [1.807, 2.05) is 0 Å². The summed E-state index contributed by atoms with van der Waals surface area (Å²) in [6.07, 6.45) is 3.01. The molecule has 224 valence electrons. The van der Waals surface area contributed by atoms with Crippen LogP contribution >= 0.6 is 0 Å². The molecule has 0 radical (unpaired) electrons. The van der Waals surface area contributed by atoms with E-state index in [-0.39, 0.29) is 48.6 Å². The monoisotopic (exact) mass is 596 g/mol. The van der Waals surface area contributed by atoms with Crippen molar-refractivity contribution in [3.63, 3.8) is 0 Å². The van der Waals surface area contributed by atoms with Crippen LogP contribution in [0.2, 0.25) is 0 Å². The Balaban J connectivity index is 1.61. The molecule has 1 aliphatic carbocycles. The van der Waals surface area contributed by atoms with Gasteiger partial charge in [0.05, 0.1) is 12.9 Å². The van der Waals surface area contributed by atoms with E-state index in [2.05, 4.69) is 9.72 Å². The third kappa shape index (κ3) is 7.22. The van der Waals surface area contributed by atoms with Gasteiger partial charge in [-0.1, -0.05) is 6.07 Å². The number of halogens is 2. The van der Waals surface area contributed by atoms with Crippen LogP contribution in [0.1, 0.15) is 37.2 Å². The Labute approximate surface area is 238 Å². The van der Waals surface area contributed by atoms with Gasteiger partial charge in [-0.05, 0) is 50.8 Å². The lowest BCUT2D eigenvalue weighted by Gasteiger charge is -2.46. The first-order valence-electron chi connectivity index (χ1n) is 13.2. The Hall–Kier alpha value is -3.52. The molecule has 41 heavy (non-hydrogen) atoms. The van der Waals surface area contributed by atoms with Crippen molar-refractivity contribution in [2.45, 2.75) is 38.8 Å². The smallest absolute Gasteiger partial charge is 0.387 e. The fourth-order valence-corrected chi connectivity index (χ4v) is 5.81. The number of ether oxygens (including phenoxy) is 3. The summed E-state index contributed by atoms with van der Waals surface area (Å²) < 4.78 is 68.5. The van der Waals surface area contributed by atoms with Crippen LogP contribution in [0, 0.1) is 5.92 Å². The average molecular weight is 597 g/mol. The number of carbonyl (C=O) groups excluding carboxylic acids is 2. The number of alkyl halides is 2. The van der Waals surface area contributed by atoms with E-state index in [9.17, 15) is 26.8 Å². The first-order valence-corrected chi connectivity index (χ1v) is 15.1. The first-order chi connectivity index (χ1) is 19.3. The van der Waals surface area contributed by atoms with Crippen LogP contribution in [0.15, 0.2) is 36.4 Å². The number of esters is 1. The van der Waals surface area contributed by atoms with Gasteiger partial charge in [-0.15, -0.1) is 0 Å². The van der Waals surface area contributed by atoms with E-state index in [0.29, 0.717) is 24.8 Å². The fourth-order valence-electron chi connectivity index (χ4n) is 4.53. The number of carbonyl (C=O) groups is 2. The molecule has 14 heteroatoms. The molecule has 1 amide bonds. The second-order valence-electron chi connectivity index (χ2n) is 10.4. The van der Waals surface area contributed by atoms with Crippen LogP contribution in [0.3, 0.4) is 0 Å². The summed E-state index contributed by atoms with van der Waals surface area (Å²) in [6.45, 7) is 1.06. The topological polar surface area (TPSA) is 119 Å². The van der Waals surface area contributed by atoms with Crippen LogP contribution < -0.4 is 19.1 Å². The highest BCUT2D eigenvalue weighted by molar-refractivity contribution is 7.88. The van der Waals surface area contributed by atoms with E-state index in [1.54, 1.807) is 31.0 Å². The maximum atomic E-state index is 13.6. The van der Waals surface area contributed by atoms with Crippen LogP contribution in [-0.4, -0.2) is 92.7 Å². The van der Waals surface area contributed by atoms with Gasteiger partial charge in [0, 0.05) is 51.0 Å². The van der Waals surface area contributed by atoms with Crippen molar-refractivity contribution in [1.82, 2.24) is 14.2 Å². The number of rotatable bonds is 11. The molecule has 1 aliphatic heterocycles. The molecule has 1 unspecified atom stereocenters. The number of anilines is 1. The van der Waals surface area contributed by atoms with Gasteiger partial charge in [0.1, 0.15) is 11.2 Å². The van der Waals surface area contributed by atoms with Crippen LogP contribution in [0.4, 0.5) is 14.5 Å². The molecule has 1 atom stereocenters. The zero-order valence-corrected chi connectivity index (χ0v) is 24.2. The van der Waals surface area contributed by atoms with Gasteiger partial charge in [-0.3, -0.25) is 4.79 Å². The minimum Gasteiger partial charge on any atom is -0.489 e. The minimum atomic E-state index is -3.86. The molecule has 2 aliphatic rings. The van der Waals surface area contributed by atoms with Crippen molar-refractivity contribution < 1.29 is 41.0 Å². The molecule has 11 nitrogen and oxygen atoms in total. The maximum Gasteiger partial charge on any atom is 0.387 e. The molecule has 2 aromatic rings. The summed E-state index contributed by atoms with van der Waals surface area (Å²) in [5.41, 5.74) is -1.10. The van der Waals surface area contributed by atoms with Crippen molar-refractivity contribution in [2.75, 3.05) is 51.0 Å². The summed E-state index contributed by atoms with van der Waals surface area (Å²) >= 11 is 0. The molecule has 4 rings (SSSR count). The van der Waals surface area contributed by atoms with Gasteiger partial charge < -0.3 is 24.0 Å². The highest BCUT2D eigenvalue weighted by Gasteiger charge is 2.50. The third-order valence-corrected chi connectivity index (χ3v) is 8.49. The average Bonchev–Trinajstić information content (AvgIpc) is 3.75. The van der Waals surface area contributed by atoms with Crippen molar-refractivity contribution in [1.29, 1.82) is 0 Å². The standard InChI is InChI=1S/C27H34F2N4O7S/c1-5-31(3)24(34)20-7-6-8-23(30-20)40-25(35)27(2)17-32(13-14-33(27)41(4,36)37)19-11-12-21(39-26(28)29)22(15-19)38-16-18-9-10-18/h6-8,11-12,15,18,26H,5,9-10,13-14,16-17H2,1-4H3. The largest absolute Gasteiger partial charge is 0.489 e. The van der Waals surface area contributed by atoms with Crippen molar-refractivity contribution >= 4 is 27.6 Å². The lowest BCUT2D eigenvalue weighted by Crippen LogP contribution is -2.67. The quantitative estimate of drug-likeness (QED) is 0.361. The number of hydrogen-bond donors (Lipinski definition) is 0. The number of pyridine rings is 1. The van der Waals surface area contributed by atoms with E-state index in [1.165, 1.54) is 36.1 Å². The summed E-state index contributed by atoms with van der Waals surface area (Å²) in [4.78, 5) is 33.5. The van der Waals surface area contributed by atoms with Gasteiger partial charge >= 0.3 is 12.6 Å². The summed E-state index contributed by atoms with van der Waals surface area (Å²) in [7, 11) is -2.25. The van der Waals surface area contributed by atoms with Gasteiger partial charge in [-0.2, -0.15) is 13.1 Å². The van der Waals surface area contributed by atoms with Crippen molar-refractivity contribution in [2.24, 2.45) is 5.92 Å². The number of hydrogen-bond acceptors (Lipinski definition) is 9. The molecule has 0 spiro atoms. The molecule has 0 bridgehead atoms. The van der Waals surface area contributed by atoms with Gasteiger partial charge in [0.15, 0.2) is 11.5 Å². The highest BCUT2D eigenvalue weighted by atomic mass is 32.2. The Bertz CT molecular complexity index is 1390. The maximum absolute atomic E-state index is 13.6. The molecule has 0 N–H and O–H groups in total. The fraction of sp³-hybridized carbons (Fsp3) is 0.519. The Morgan fingerprint density at radius 1 is 1.17 bits per heavy atom. The molecule has 2 fully saturated rings. The normalized spacial score (nSPS) is 19.6. The van der Waals surface area contributed by atoms with Crippen LogP contribution in [0.5, 0.6) is 17.4 Å². The lowest BCUT2D eigenvalue weighted by molar-refractivity contribution is -0.145. The Morgan fingerprint density at radius 2 is 1.90 bits per heavy atom. The molecular formula is C27H34F2N4O7S. The number of amides is 1. The van der Waals surface area contributed by atoms with Crippen molar-refractivity contribution in [3.8, 4) is 17.4 Å². The van der Waals surface area contributed by atoms with E-state index in [0.717, 1.165) is 23.4 Å². The van der Waals surface area contributed by atoms with Gasteiger partial charge in [0.25, 0.3) is 5.91 Å². The molecule has 2 heterocycles. The molecule has 1 aromatic heterocycles. The number of piperazine rings is 1. The first kappa shape index (κ1) is 30.4. The molecule has 1 saturated carbocycles. The molecule has 1 saturated heterocycles. The predicted octanol–water partition coefficient (Wildman–Crippen LogP) is 3.01. The van der Waals surface area contributed by atoms with Crippen LogP contribution in [-0.2, 0) is 14.8 Å². The summed E-state index contributed by atoms with van der Waals surface area (Å²) in [5.74, 6) is -1.03. The van der Waals surface area contributed by atoms with Gasteiger partial charge in [-0.25, -0.2) is 18.2 Å². The summed E-state index contributed by atoms with van der Waals surface area (Å²) in [5, 5.41) is 0. The lowest BCUT2D eigenvalue weighted by atomic mass is 9.98. The minimum absolute atomic E-state index is 0.0504.